The van der Waals surface area contributed by atoms with Gasteiger partial charge in [-0.2, -0.15) is 9.97 Å². The van der Waals surface area contributed by atoms with Gasteiger partial charge in [0.25, 0.3) is 11.8 Å². The second-order valence-electron chi connectivity index (χ2n) is 13.1. The minimum atomic E-state index is -2.85. The smallest absolute Gasteiger partial charge is 0.318 e. The van der Waals surface area contributed by atoms with Crippen LogP contribution in [0.2, 0.25) is 0 Å². The Morgan fingerprint density at radius 2 is 1.93 bits per heavy atom. The summed E-state index contributed by atoms with van der Waals surface area (Å²) in [5.74, 6) is -2.56. The van der Waals surface area contributed by atoms with Crippen LogP contribution in [-0.2, 0) is 17.8 Å². The molecule has 0 bridgehead atoms. The number of alkyl halides is 2. The lowest BCUT2D eigenvalue weighted by molar-refractivity contribution is -0.0101. The third kappa shape index (κ3) is 5.92. The minimum absolute atomic E-state index is 0.000776. The van der Waals surface area contributed by atoms with Gasteiger partial charge in [-0.05, 0) is 65.9 Å². The molecule has 1 aliphatic carbocycles. The van der Waals surface area contributed by atoms with Crippen molar-refractivity contribution < 1.29 is 33.3 Å². The molecule has 0 unspecified atom stereocenters. The second kappa shape index (κ2) is 11.4. The van der Waals surface area contributed by atoms with Gasteiger partial charge in [0.2, 0.25) is 0 Å². The van der Waals surface area contributed by atoms with Crippen molar-refractivity contribution >= 4 is 45.1 Å². The number of anilines is 1. The minimum Gasteiger partial charge on any atom is -0.508 e. The maximum absolute atomic E-state index is 14.8. The summed E-state index contributed by atoms with van der Waals surface area (Å²) in [7, 11) is 0. The number of ether oxygens (including phenoxy) is 2. The zero-order valence-electron chi connectivity index (χ0n) is 25.1. The number of phenolic OH excluding ortho intramolecular Hbond substituents is 1. The number of rotatable bonds is 7. The molecular formula is C32H36F2IN5O5. The normalized spacial score (nSPS) is 26.2. The molecule has 4 heterocycles. The van der Waals surface area contributed by atoms with E-state index in [4.69, 9.17) is 14.5 Å². The van der Waals surface area contributed by atoms with E-state index < -0.39 is 16.9 Å². The molecule has 45 heavy (non-hydrogen) atoms. The number of piperidine rings is 1. The van der Waals surface area contributed by atoms with Crippen molar-refractivity contribution in [1.82, 2.24) is 19.8 Å². The summed E-state index contributed by atoms with van der Waals surface area (Å²) in [5, 5.41) is 22.8. The van der Waals surface area contributed by atoms with Crippen molar-refractivity contribution in [3.63, 3.8) is 0 Å². The number of phenols is 1. The first-order valence-corrected chi connectivity index (χ1v) is 16.4. The SMILES string of the molecule is C[C@@]1(O)CCCN(c2nc(OC[C@]3(CN4CCOCC4)CC3(F)F)nc3c2CN(C(=O)c2cc(O)cc4cccc(I)c24)C3)C1. The highest BCUT2D eigenvalue weighted by molar-refractivity contribution is 14.1. The Balaban J connectivity index is 1.19. The highest BCUT2D eigenvalue weighted by Gasteiger charge is 2.72. The number of amides is 1. The number of β-amino-alcohol motifs (C(OH)–C–C–N with tert-alkyl or cyclic N) is 1. The van der Waals surface area contributed by atoms with Crippen LogP contribution >= 0.6 is 22.6 Å². The maximum Gasteiger partial charge on any atom is 0.318 e. The molecule has 7 rings (SSSR count). The first kappa shape index (κ1) is 30.8. The molecule has 2 atom stereocenters. The van der Waals surface area contributed by atoms with Crippen molar-refractivity contribution in [1.29, 1.82) is 0 Å². The molecule has 2 saturated heterocycles. The largest absolute Gasteiger partial charge is 0.508 e. The Kier molecular flexibility index (Phi) is 7.81. The molecule has 2 aromatic carbocycles. The molecule has 4 aliphatic rings. The molecule has 1 saturated carbocycles. The van der Waals surface area contributed by atoms with Gasteiger partial charge in [-0.3, -0.25) is 9.69 Å². The van der Waals surface area contributed by atoms with Crippen LogP contribution in [0.1, 0.15) is 47.8 Å². The number of aliphatic hydroxyl groups is 1. The molecule has 1 amide bonds. The predicted octanol–water partition coefficient (Wildman–Crippen LogP) is 4.18. The molecule has 1 aromatic heterocycles. The van der Waals surface area contributed by atoms with Crippen molar-refractivity contribution in [2.45, 2.75) is 50.8 Å². The third-order valence-electron chi connectivity index (χ3n) is 9.46. The first-order chi connectivity index (χ1) is 21.4. The first-order valence-electron chi connectivity index (χ1n) is 15.3. The summed E-state index contributed by atoms with van der Waals surface area (Å²) in [6, 6.07) is 8.77. The lowest BCUT2D eigenvalue weighted by Crippen LogP contribution is -2.47. The van der Waals surface area contributed by atoms with E-state index in [0.29, 0.717) is 62.9 Å². The van der Waals surface area contributed by atoms with Gasteiger partial charge in [-0.25, -0.2) is 8.78 Å². The molecule has 2 N–H and O–H groups in total. The molecular weight excluding hydrogens is 699 g/mol. The maximum atomic E-state index is 14.8. The van der Waals surface area contributed by atoms with Crippen LogP contribution in [0, 0.1) is 8.99 Å². The second-order valence-corrected chi connectivity index (χ2v) is 14.3. The number of aromatic hydroxyl groups is 1. The molecule has 0 spiro atoms. The van der Waals surface area contributed by atoms with Crippen LogP contribution < -0.4 is 9.64 Å². The Bertz CT molecular complexity index is 1650. The summed E-state index contributed by atoms with van der Waals surface area (Å²) < 4.78 is 41.8. The zero-order chi connectivity index (χ0) is 31.6. The molecule has 0 radical (unpaired) electrons. The predicted molar refractivity (Wildman–Crippen MR) is 171 cm³/mol. The molecule has 13 heteroatoms. The highest BCUT2D eigenvalue weighted by atomic mass is 127. The monoisotopic (exact) mass is 735 g/mol. The van der Waals surface area contributed by atoms with E-state index >= 15 is 0 Å². The average molecular weight is 736 g/mol. The molecule has 3 aliphatic heterocycles. The van der Waals surface area contributed by atoms with E-state index in [1.165, 1.54) is 6.07 Å². The van der Waals surface area contributed by atoms with E-state index in [9.17, 15) is 23.8 Å². The fourth-order valence-electron chi connectivity index (χ4n) is 6.94. The molecule has 3 fully saturated rings. The van der Waals surface area contributed by atoms with Gasteiger partial charge in [-0.15, -0.1) is 0 Å². The lowest BCUT2D eigenvalue weighted by atomic mass is 9.95. The Morgan fingerprint density at radius 1 is 1.16 bits per heavy atom. The number of hydrogen-bond donors (Lipinski definition) is 2. The van der Waals surface area contributed by atoms with E-state index in [2.05, 4.69) is 27.6 Å². The standard InChI is InChI=1S/C32H36F2IN5O5/c1-30(43)6-3-7-39(17-30)27-23-14-40(28(42)22-13-21(41)12-20-4-2-5-24(35)26(20)22)15-25(23)36-29(37-27)45-19-31(16-32(31,33)34)18-38-8-10-44-11-9-38/h2,4-5,12-13,41,43H,3,6-11,14-19H2,1H3/t30-,31-/m1/s1. The van der Waals surface area contributed by atoms with Gasteiger partial charge in [-0.1, -0.05) is 12.1 Å². The fourth-order valence-corrected chi connectivity index (χ4v) is 7.75. The van der Waals surface area contributed by atoms with Gasteiger partial charge >= 0.3 is 6.01 Å². The number of nitrogens with zero attached hydrogens (tertiary/aromatic N) is 5. The highest BCUT2D eigenvalue weighted by Crippen LogP contribution is 2.61. The van der Waals surface area contributed by atoms with Crippen LogP contribution in [-0.4, -0.2) is 100.0 Å². The molecule has 3 aromatic rings. The summed E-state index contributed by atoms with van der Waals surface area (Å²) in [4.78, 5) is 29.0. The Labute approximate surface area is 273 Å². The number of carbonyl (C=O) groups is 1. The van der Waals surface area contributed by atoms with Gasteiger partial charge in [0.1, 0.15) is 18.2 Å². The van der Waals surface area contributed by atoms with Crippen molar-refractivity contribution in [3.05, 3.63) is 50.7 Å². The van der Waals surface area contributed by atoms with E-state index in [1.807, 2.05) is 28.0 Å². The number of carbonyl (C=O) groups excluding carboxylic acids is 1. The molecule has 240 valence electrons. The quantitative estimate of drug-likeness (QED) is 0.346. The number of benzene rings is 2. The summed E-state index contributed by atoms with van der Waals surface area (Å²) in [5.41, 5.74) is -0.543. The van der Waals surface area contributed by atoms with E-state index in [1.54, 1.807) is 17.9 Å². The van der Waals surface area contributed by atoms with Gasteiger partial charge < -0.3 is 29.5 Å². The van der Waals surface area contributed by atoms with E-state index in [-0.39, 0.29) is 50.3 Å². The number of morpholine rings is 1. The van der Waals surface area contributed by atoms with Gasteiger partial charge in [0.15, 0.2) is 0 Å². The lowest BCUT2D eigenvalue weighted by Gasteiger charge is -2.38. The van der Waals surface area contributed by atoms with Crippen molar-refractivity contribution in [2.75, 3.05) is 57.4 Å². The summed E-state index contributed by atoms with van der Waals surface area (Å²) in [6.45, 7) is 5.36. The van der Waals surface area contributed by atoms with Crippen LogP contribution in [0.5, 0.6) is 11.8 Å². The zero-order valence-corrected chi connectivity index (χ0v) is 27.2. The van der Waals surface area contributed by atoms with Gasteiger partial charge in [0.05, 0.1) is 48.6 Å². The number of halogens is 3. The Hall–Kier alpha value is -2.88. The summed E-state index contributed by atoms with van der Waals surface area (Å²) in [6.07, 6.45) is 1.13. The summed E-state index contributed by atoms with van der Waals surface area (Å²) >= 11 is 2.19. The van der Waals surface area contributed by atoms with E-state index in [0.717, 1.165) is 26.3 Å². The number of fused-ring (bicyclic) bond motifs is 2. The third-order valence-corrected chi connectivity index (χ3v) is 10.4. The van der Waals surface area contributed by atoms with Crippen LogP contribution in [0.25, 0.3) is 10.8 Å². The average Bonchev–Trinajstić information content (AvgIpc) is 3.29. The number of aromatic nitrogens is 2. The topological polar surface area (TPSA) is 111 Å². The van der Waals surface area contributed by atoms with Crippen molar-refractivity contribution in [2.24, 2.45) is 5.41 Å². The fraction of sp³-hybridized carbons (Fsp3) is 0.531. The Morgan fingerprint density at radius 3 is 2.67 bits per heavy atom. The van der Waals surface area contributed by atoms with Crippen LogP contribution in [0.15, 0.2) is 30.3 Å². The number of hydrogen-bond acceptors (Lipinski definition) is 9. The van der Waals surface area contributed by atoms with Crippen molar-refractivity contribution in [3.8, 4) is 11.8 Å². The molecule has 10 nitrogen and oxygen atoms in total. The van der Waals surface area contributed by atoms with Crippen LogP contribution in [0.4, 0.5) is 14.6 Å². The van der Waals surface area contributed by atoms with Gasteiger partial charge in [0, 0.05) is 53.7 Å². The van der Waals surface area contributed by atoms with Crippen LogP contribution in [0.3, 0.4) is 0 Å².